The average Bonchev–Trinajstić information content (AvgIpc) is 2.04. The van der Waals surface area contributed by atoms with Gasteiger partial charge in [-0.3, -0.25) is 0 Å². The lowest BCUT2D eigenvalue weighted by Gasteiger charge is -2.03. The van der Waals surface area contributed by atoms with Gasteiger partial charge in [-0.2, -0.15) is 0 Å². The predicted octanol–water partition coefficient (Wildman–Crippen LogP) is 2.27. The van der Waals surface area contributed by atoms with E-state index in [1.807, 2.05) is 0 Å². The van der Waals surface area contributed by atoms with Crippen molar-refractivity contribution < 1.29 is 17.2 Å². The molecule has 0 radical (unpaired) electrons. The molecule has 0 heterocycles. The van der Waals surface area contributed by atoms with Crippen LogP contribution < -0.4 is 0 Å². The molecule has 0 atom stereocenters. The largest absolute Gasteiger partial charge is 0.229 e. The van der Waals surface area contributed by atoms with Crippen molar-refractivity contribution in [2.24, 2.45) is 0 Å². The third-order valence-electron chi connectivity index (χ3n) is 1.53. The predicted molar refractivity (Wildman–Crippen MR) is 52.6 cm³/mol. The van der Waals surface area contributed by atoms with Crippen LogP contribution in [0.2, 0.25) is 0 Å². The molecular weight excluding hydrogens is 278 g/mol. The number of hydrogen-bond donors (Lipinski definition) is 0. The zero-order chi connectivity index (χ0) is 10.9. The first kappa shape index (κ1) is 11.6. The van der Waals surface area contributed by atoms with Crippen LogP contribution in [0.1, 0.15) is 5.56 Å². The van der Waals surface area contributed by atoms with Crippen LogP contribution in [-0.2, 0) is 15.6 Å². The van der Waals surface area contributed by atoms with Crippen molar-refractivity contribution in [2.75, 3.05) is 6.26 Å². The molecular formula is C8H7BrF2O2S. The third-order valence-corrected chi connectivity index (χ3v) is 2.98. The van der Waals surface area contributed by atoms with E-state index in [4.69, 9.17) is 0 Å². The maximum atomic E-state index is 13.1. The molecule has 1 aromatic carbocycles. The molecule has 0 saturated carbocycles. The quantitative estimate of drug-likeness (QED) is 0.781. The van der Waals surface area contributed by atoms with Gasteiger partial charge >= 0.3 is 0 Å². The maximum absolute atomic E-state index is 13.1. The summed E-state index contributed by atoms with van der Waals surface area (Å²) in [6.45, 7) is 0. The first-order valence-electron chi connectivity index (χ1n) is 3.61. The van der Waals surface area contributed by atoms with Crippen LogP contribution in [0.15, 0.2) is 16.6 Å². The second-order valence-electron chi connectivity index (χ2n) is 2.90. The smallest absolute Gasteiger partial charge is 0.173 e. The molecule has 0 bridgehead atoms. The molecule has 0 saturated heterocycles. The Morgan fingerprint density at radius 2 is 1.86 bits per heavy atom. The van der Waals surface area contributed by atoms with Gasteiger partial charge in [-0.1, -0.05) is 6.07 Å². The lowest BCUT2D eigenvalue weighted by atomic mass is 10.2. The van der Waals surface area contributed by atoms with Gasteiger partial charge < -0.3 is 0 Å². The van der Waals surface area contributed by atoms with Gasteiger partial charge in [0.25, 0.3) is 0 Å². The van der Waals surface area contributed by atoms with Crippen LogP contribution >= 0.6 is 15.9 Å². The Morgan fingerprint density at radius 1 is 1.29 bits per heavy atom. The minimum absolute atomic E-state index is 0.0211. The summed E-state index contributed by atoms with van der Waals surface area (Å²) in [5.74, 6) is -2.68. The summed E-state index contributed by atoms with van der Waals surface area (Å²) >= 11 is 2.80. The van der Waals surface area contributed by atoms with Crippen molar-refractivity contribution in [3.05, 3.63) is 33.8 Å². The molecule has 1 rings (SSSR count). The fourth-order valence-corrected chi connectivity index (χ4v) is 2.05. The number of sulfone groups is 1. The molecule has 0 aliphatic rings. The SMILES string of the molecule is CS(=O)(=O)Cc1ccc(Br)c(F)c1F. The number of benzene rings is 1. The minimum Gasteiger partial charge on any atom is -0.229 e. The van der Waals surface area contributed by atoms with Gasteiger partial charge in [0.2, 0.25) is 0 Å². The Labute approximate surface area is 89.0 Å². The van der Waals surface area contributed by atoms with Crippen LogP contribution in [-0.4, -0.2) is 14.7 Å². The topological polar surface area (TPSA) is 34.1 Å². The maximum Gasteiger partial charge on any atom is 0.173 e. The van der Waals surface area contributed by atoms with E-state index in [0.29, 0.717) is 0 Å². The van der Waals surface area contributed by atoms with Crippen molar-refractivity contribution >= 4 is 25.8 Å². The summed E-state index contributed by atoms with van der Waals surface area (Å²) in [6, 6.07) is 2.52. The summed E-state index contributed by atoms with van der Waals surface area (Å²) in [5.41, 5.74) is -0.159. The lowest BCUT2D eigenvalue weighted by Crippen LogP contribution is -2.04. The standard InChI is InChI=1S/C8H7BrF2O2S/c1-14(12,13)4-5-2-3-6(9)8(11)7(5)10/h2-3H,4H2,1H3. The van der Waals surface area contributed by atoms with Crippen molar-refractivity contribution in [3.8, 4) is 0 Å². The molecule has 1 aromatic rings. The molecule has 6 heteroatoms. The van der Waals surface area contributed by atoms with Gasteiger partial charge in [0.1, 0.15) is 0 Å². The minimum atomic E-state index is -3.35. The Hall–Kier alpha value is -0.490. The fraction of sp³-hybridized carbons (Fsp3) is 0.250. The molecule has 78 valence electrons. The Morgan fingerprint density at radius 3 is 2.36 bits per heavy atom. The van der Waals surface area contributed by atoms with E-state index in [0.717, 1.165) is 6.26 Å². The van der Waals surface area contributed by atoms with Crippen molar-refractivity contribution in [1.82, 2.24) is 0 Å². The molecule has 0 fully saturated rings. The number of rotatable bonds is 2. The van der Waals surface area contributed by atoms with Crippen molar-refractivity contribution in [3.63, 3.8) is 0 Å². The summed E-state index contributed by atoms with van der Waals surface area (Å²) in [7, 11) is -3.35. The number of hydrogen-bond acceptors (Lipinski definition) is 2. The van der Waals surface area contributed by atoms with Crippen LogP contribution in [0.3, 0.4) is 0 Å². The highest BCUT2D eigenvalue weighted by atomic mass is 79.9. The van der Waals surface area contributed by atoms with Crippen LogP contribution in [0.25, 0.3) is 0 Å². The molecule has 0 aliphatic heterocycles. The molecule has 0 amide bonds. The summed E-state index contributed by atoms with van der Waals surface area (Å²) in [6.07, 6.45) is 0.965. The molecule has 14 heavy (non-hydrogen) atoms. The van der Waals surface area contributed by atoms with E-state index in [2.05, 4.69) is 15.9 Å². The van der Waals surface area contributed by atoms with Gasteiger partial charge in [-0.05, 0) is 22.0 Å². The van der Waals surface area contributed by atoms with Crippen molar-refractivity contribution in [2.45, 2.75) is 5.75 Å². The van der Waals surface area contributed by atoms with E-state index in [9.17, 15) is 17.2 Å². The molecule has 0 unspecified atom stereocenters. The van der Waals surface area contributed by atoms with E-state index >= 15 is 0 Å². The molecule has 0 aromatic heterocycles. The molecule has 0 aliphatic carbocycles. The normalized spacial score (nSPS) is 11.7. The second-order valence-corrected chi connectivity index (χ2v) is 5.90. The Balaban J connectivity index is 3.19. The van der Waals surface area contributed by atoms with Crippen LogP contribution in [0.5, 0.6) is 0 Å². The zero-order valence-electron chi connectivity index (χ0n) is 7.22. The highest BCUT2D eigenvalue weighted by Crippen LogP contribution is 2.22. The van der Waals surface area contributed by atoms with Crippen molar-refractivity contribution in [1.29, 1.82) is 0 Å². The summed E-state index contributed by atoms with van der Waals surface area (Å²) < 4.78 is 47.7. The monoisotopic (exact) mass is 284 g/mol. The third kappa shape index (κ3) is 2.75. The molecule has 0 spiro atoms. The first-order valence-corrected chi connectivity index (χ1v) is 6.46. The summed E-state index contributed by atoms with van der Waals surface area (Å²) in [4.78, 5) is 0. The van der Waals surface area contributed by atoms with Gasteiger partial charge in [0, 0.05) is 11.8 Å². The Kier molecular flexibility index (Phi) is 3.26. The fourth-order valence-electron chi connectivity index (χ4n) is 0.960. The molecule has 2 nitrogen and oxygen atoms in total. The highest BCUT2D eigenvalue weighted by Gasteiger charge is 2.15. The van der Waals surface area contributed by atoms with Crippen LogP contribution in [0, 0.1) is 11.6 Å². The van der Waals surface area contributed by atoms with Gasteiger partial charge in [-0.25, -0.2) is 17.2 Å². The molecule has 0 N–H and O–H groups in total. The number of halogens is 3. The Bertz CT molecular complexity index is 457. The summed E-state index contributed by atoms with van der Waals surface area (Å²) in [5, 5.41) is 0. The highest BCUT2D eigenvalue weighted by molar-refractivity contribution is 9.10. The van der Waals surface area contributed by atoms with Crippen LogP contribution in [0.4, 0.5) is 8.78 Å². The van der Waals surface area contributed by atoms with E-state index in [1.165, 1.54) is 12.1 Å². The van der Waals surface area contributed by atoms with Gasteiger partial charge in [-0.15, -0.1) is 0 Å². The van der Waals surface area contributed by atoms with Gasteiger partial charge in [0.15, 0.2) is 21.5 Å². The van der Waals surface area contributed by atoms with E-state index < -0.39 is 27.2 Å². The zero-order valence-corrected chi connectivity index (χ0v) is 9.62. The second kappa shape index (κ2) is 3.94. The first-order chi connectivity index (χ1) is 6.31. The van der Waals surface area contributed by atoms with E-state index in [-0.39, 0.29) is 10.0 Å². The average molecular weight is 285 g/mol. The van der Waals surface area contributed by atoms with Gasteiger partial charge in [0.05, 0.1) is 10.2 Å². The lowest BCUT2D eigenvalue weighted by molar-refractivity contribution is 0.497. The van der Waals surface area contributed by atoms with E-state index in [1.54, 1.807) is 0 Å².